The second-order valence-electron chi connectivity index (χ2n) is 4.68. The third kappa shape index (κ3) is 3.19. The van der Waals surface area contributed by atoms with Crippen LogP contribution in [0.25, 0.3) is 0 Å². The fourth-order valence-electron chi connectivity index (χ4n) is 2.14. The molecule has 5 nitrogen and oxygen atoms in total. The van der Waals surface area contributed by atoms with E-state index in [1.165, 1.54) is 0 Å². The normalized spacial score (nSPS) is 18.8. The number of benzene rings is 1. The Bertz CT molecular complexity index is 506. The maximum Gasteiger partial charge on any atom is 0.156 e. The van der Waals surface area contributed by atoms with Gasteiger partial charge in [0.05, 0.1) is 13.2 Å². The summed E-state index contributed by atoms with van der Waals surface area (Å²) in [5.74, 6) is 1.95. The zero-order chi connectivity index (χ0) is 12.9. The lowest BCUT2D eigenvalue weighted by Crippen LogP contribution is -2.00. The largest absolute Gasteiger partial charge is 0.381 e. The van der Waals surface area contributed by atoms with E-state index in [9.17, 15) is 0 Å². The van der Waals surface area contributed by atoms with Gasteiger partial charge in [-0.15, -0.1) is 0 Å². The van der Waals surface area contributed by atoms with Crippen LogP contribution in [0.4, 0.5) is 0 Å². The van der Waals surface area contributed by atoms with Crippen molar-refractivity contribution in [2.45, 2.75) is 25.6 Å². The predicted octanol–water partition coefficient (Wildman–Crippen LogP) is 2.03. The lowest BCUT2D eigenvalue weighted by molar-refractivity contribution is 0.102. The van der Waals surface area contributed by atoms with Crippen molar-refractivity contribution in [3.05, 3.63) is 47.5 Å². The van der Waals surface area contributed by atoms with Crippen LogP contribution in [0.2, 0.25) is 0 Å². The second kappa shape index (κ2) is 5.95. The van der Waals surface area contributed by atoms with Gasteiger partial charge in [0.25, 0.3) is 0 Å². The highest BCUT2D eigenvalue weighted by atomic mass is 16.5. The van der Waals surface area contributed by atoms with Gasteiger partial charge in [-0.05, 0) is 12.0 Å². The van der Waals surface area contributed by atoms with Crippen LogP contribution in [0.5, 0.6) is 0 Å². The number of nitrogens with one attached hydrogen (secondary N) is 1. The van der Waals surface area contributed by atoms with Gasteiger partial charge in [0.1, 0.15) is 6.61 Å². The molecule has 1 N–H and O–H groups in total. The summed E-state index contributed by atoms with van der Waals surface area (Å²) in [6.07, 6.45) is 1.00. The molecule has 1 aromatic carbocycles. The monoisotopic (exact) mass is 259 g/mol. The third-order valence-corrected chi connectivity index (χ3v) is 3.19. The molecule has 1 fully saturated rings. The number of H-pyrrole nitrogens is 1. The van der Waals surface area contributed by atoms with E-state index in [-0.39, 0.29) is 0 Å². The Kier molecular flexibility index (Phi) is 3.86. The SMILES string of the molecule is c1ccc(COCc2nc([C@@H]3CCOC3)n[nH]2)cc1. The second-order valence-corrected chi connectivity index (χ2v) is 4.68. The lowest BCUT2D eigenvalue weighted by Gasteiger charge is -2.02. The van der Waals surface area contributed by atoms with Crippen LogP contribution in [-0.2, 0) is 22.7 Å². The number of nitrogens with zero attached hydrogens (tertiary/aromatic N) is 2. The molecule has 0 amide bonds. The summed E-state index contributed by atoms with van der Waals surface area (Å²) in [7, 11) is 0. The zero-order valence-electron chi connectivity index (χ0n) is 10.7. The molecule has 2 heterocycles. The minimum absolute atomic E-state index is 0.333. The van der Waals surface area contributed by atoms with Crippen molar-refractivity contribution in [1.29, 1.82) is 0 Å². The maximum atomic E-state index is 5.62. The van der Waals surface area contributed by atoms with E-state index in [0.717, 1.165) is 36.8 Å². The molecule has 1 aliphatic rings. The van der Waals surface area contributed by atoms with Crippen molar-refractivity contribution in [3.63, 3.8) is 0 Å². The molecule has 19 heavy (non-hydrogen) atoms. The quantitative estimate of drug-likeness (QED) is 0.892. The van der Waals surface area contributed by atoms with E-state index >= 15 is 0 Å². The predicted molar refractivity (Wildman–Crippen MR) is 69.5 cm³/mol. The highest BCUT2D eigenvalue weighted by Crippen LogP contribution is 2.21. The number of rotatable bonds is 5. The number of aromatic amines is 1. The molecule has 0 saturated carbocycles. The highest BCUT2D eigenvalue weighted by molar-refractivity contribution is 5.13. The van der Waals surface area contributed by atoms with Crippen LogP contribution in [0.15, 0.2) is 30.3 Å². The molecule has 1 aromatic heterocycles. The van der Waals surface area contributed by atoms with Gasteiger partial charge in [-0.25, -0.2) is 4.98 Å². The van der Waals surface area contributed by atoms with Crippen molar-refractivity contribution in [2.24, 2.45) is 0 Å². The van der Waals surface area contributed by atoms with Crippen LogP contribution in [0.1, 0.15) is 29.6 Å². The fraction of sp³-hybridized carbons (Fsp3) is 0.429. The summed E-state index contributed by atoms with van der Waals surface area (Å²) in [5.41, 5.74) is 1.16. The van der Waals surface area contributed by atoms with E-state index in [4.69, 9.17) is 9.47 Å². The minimum Gasteiger partial charge on any atom is -0.381 e. The average molecular weight is 259 g/mol. The van der Waals surface area contributed by atoms with E-state index in [0.29, 0.717) is 19.1 Å². The third-order valence-electron chi connectivity index (χ3n) is 3.19. The molecular weight excluding hydrogens is 242 g/mol. The first kappa shape index (κ1) is 12.3. The Morgan fingerprint density at radius 2 is 2.16 bits per heavy atom. The van der Waals surface area contributed by atoms with Gasteiger partial charge >= 0.3 is 0 Å². The number of aromatic nitrogens is 3. The van der Waals surface area contributed by atoms with Crippen LogP contribution in [0, 0.1) is 0 Å². The van der Waals surface area contributed by atoms with Gasteiger partial charge in [0.2, 0.25) is 0 Å². The van der Waals surface area contributed by atoms with E-state index in [1.807, 2.05) is 30.3 Å². The van der Waals surface area contributed by atoms with Crippen molar-refractivity contribution in [2.75, 3.05) is 13.2 Å². The minimum atomic E-state index is 0.333. The summed E-state index contributed by atoms with van der Waals surface area (Å²) in [5, 5.41) is 7.15. The van der Waals surface area contributed by atoms with Crippen LogP contribution in [-0.4, -0.2) is 28.4 Å². The Balaban J connectivity index is 1.50. The van der Waals surface area contributed by atoms with Gasteiger partial charge < -0.3 is 9.47 Å². The maximum absolute atomic E-state index is 5.62. The van der Waals surface area contributed by atoms with Crippen LogP contribution in [0.3, 0.4) is 0 Å². The fourth-order valence-corrected chi connectivity index (χ4v) is 2.14. The van der Waals surface area contributed by atoms with Gasteiger partial charge in [-0.3, -0.25) is 5.10 Å². The standard InChI is InChI=1S/C14H17N3O2/c1-2-4-11(5-3-1)8-19-10-13-15-14(17-16-13)12-6-7-18-9-12/h1-5,12H,6-10H2,(H,15,16,17)/t12-/m1/s1. The molecule has 3 rings (SSSR count). The molecule has 0 unspecified atom stereocenters. The van der Waals surface area contributed by atoms with Gasteiger partial charge in [0.15, 0.2) is 11.6 Å². The van der Waals surface area contributed by atoms with Crippen LogP contribution < -0.4 is 0 Å². The average Bonchev–Trinajstić information content (AvgIpc) is 3.10. The first-order valence-electron chi connectivity index (χ1n) is 6.52. The number of hydrogen-bond acceptors (Lipinski definition) is 4. The molecular formula is C14H17N3O2. The molecule has 0 spiro atoms. The lowest BCUT2D eigenvalue weighted by atomic mass is 10.1. The zero-order valence-corrected chi connectivity index (χ0v) is 10.7. The molecule has 2 aromatic rings. The van der Waals surface area contributed by atoms with E-state index in [1.54, 1.807) is 0 Å². The molecule has 5 heteroatoms. The number of hydrogen-bond donors (Lipinski definition) is 1. The molecule has 1 aliphatic heterocycles. The Hall–Kier alpha value is -1.72. The summed E-state index contributed by atoms with van der Waals surface area (Å²) in [6.45, 7) is 2.57. The molecule has 0 bridgehead atoms. The highest BCUT2D eigenvalue weighted by Gasteiger charge is 2.21. The summed E-state index contributed by atoms with van der Waals surface area (Å²) in [4.78, 5) is 4.45. The van der Waals surface area contributed by atoms with Crippen LogP contribution >= 0.6 is 0 Å². The Morgan fingerprint density at radius 3 is 2.95 bits per heavy atom. The molecule has 100 valence electrons. The van der Waals surface area contributed by atoms with E-state index < -0.39 is 0 Å². The molecule has 0 radical (unpaired) electrons. The molecule has 0 aliphatic carbocycles. The van der Waals surface area contributed by atoms with Crippen molar-refractivity contribution in [3.8, 4) is 0 Å². The smallest absolute Gasteiger partial charge is 0.156 e. The van der Waals surface area contributed by atoms with Gasteiger partial charge in [0, 0.05) is 12.5 Å². The first-order valence-corrected chi connectivity index (χ1v) is 6.52. The molecule has 1 saturated heterocycles. The van der Waals surface area contributed by atoms with Crippen molar-refractivity contribution in [1.82, 2.24) is 15.2 Å². The van der Waals surface area contributed by atoms with Gasteiger partial charge in [-0.2, -0.15) is 5.10 Å². The Labute approximate surface area is 112 Å². The van der Waals surface area contributed by atoms with Gasteiger partial charge in [-0.1, -0.05) is 30.3 Å². The summed E-state index contributed by atoms with van der Waals surface area (Å²) < 4.78 is 11.0. The van der Waals surface area contributed by atoms with Crippen molar-refractivity contribution < 1.29 is 9.47 Å². The summed E-state index contributed by atoms with van der Waals surface area (Å²) in [6, 6.07) is 10.1. The summed E-state index contributed by atoms with van der Waals surface area (Å²) >= 11 is 0. The van der Waals surface area contributed by atoms with E-state index in [2.05, 4.69) is 15.2 Å². The first-order chi connectivity index (χ1) is 9.42. The Morgan fingerprint density at radius 1 is 1.26 bits per heavy atom. The number of ether oxygens (including phenoxy) is 2. The molecule has 1 atom stereocenters. The topological polar surface area (TPSA) is 60.0 Å². The van der Waals surface area contributed by atoms with Crippen molar-refractivity contribution >= 4 is 0 Å².